The van der Waals surface area contributed by atoms with Gasteiger partial charge in [0.25, 0.3) is 5.56 Å². The van der Waals surface area contributed by atoms with E-state index < -0.39 is 5.82 Å². The normalized spacial score (nSPS) is 13.9. The fourth-order valence-electron chi connectivity index (χ4n) is 3.30. The summed E-state index contributed by atoms with van der Waals surface area (Å²) in [4.78, 5) is 19.5. The summed E-state index contributed by atoms with van der Waals surface area (Å²) in [5, 5.41) is 0.756. The van der Waals surface area contributed by atoms with Crippen LogP contribution >= 0.6 is 11.3 Å². The molecule has 3 aromatic rings. The van der Waals surface area contributed by atoms with E-state index in [1.54, 1.807) is 34.4 Å². The van der Waals surface area contributed by atoms with Gasteiger partial charge in [-0.25, -0.2) is 9.37 Å². The van der Waals surface area contributed by atoms with Crippen LogP contribution in [-0.2, 0) is 19.4 Å². The van der Waals surface area contributed by atoms with E-state index in [4.69, 9.17) is 4.74 Å². The fraction of sp³-hybridized carbons (Fsp3) is 0.333. The van der Waals surface area contributed by atoms with E-state index in [1.165, 1.54) is 30.0 Å². The van der Waals surface area contributed by atoms with Crippen LogP contribution in [0.5, 0.6) is 5.75 Å². The Morgan fingerprint density at radius 3 is 2.96 bits per heavy atom. The van der Waals surface area contributed by atoms with E-state index >= 15 is 0 Å². The third-order valence-corrected chi connectivity index (χ3v) is 5.71. The van der Waals surface area contributed by atoms with Gasteiger partial charge in [0.05, 0.1) is 25.4 Å². The van der Waals surface area contributed by atoms with Crippen LogP contribution in [0.25, 0.3) is 10.2 Å². The van der Waals surface area contributed by atoms with Crippen molar-refractivity contribution in [3.05, 3.63) is 56.7 Å². The molecule has 0 amide bonds. The molecule has 0 saturated carbocycles. The van der Waals surface area contributed by atoms with Gasteiger partial charge in [0.15, 0.2) is 11.6 Å². The first-order valence-electron chi connectivity index (χ1n) is 7.99. The fourth-order valence-corrected chi connectivity index (χ4v) is 4.52. The van der Waals surface area contributed by atoms with Crippen LogP contribution in [0.15, 0.2) is 29.3 Å². The average Bonchev–Trinajstić information content (AvgIpc) is 2.97. The van der Waals surface area contributed by atoms with E-state index in [2.05, 4.69) is 4.98 Å². The standard InChI is InChI=1S/C18H17FN2O2S/c1-23-14-7-6-11(8-13(14)19)9-21-10-20-17-16(18(21)22)12-4-2-3-5-15(12)24-17/h6-8,10H,2-5,9H2,1H3. The second-order valence-electron chi connectivity index (χ2n) is 6.04. The minimum Gasteiger partial charge on any atom is -0.494 e. The molecule has 4 nitrogen and oxygen atoms in total. The molecule has 24 heavy (non-hydrogen) atoms. The molecule has 0 unspecified atom stereocenters. The quantitative estimate of drug-likeness (QED) is 0.730. The number of hydrogen-bond acceptors (Lipinski definition) is 4. The van der Waals surface area contributed by atoms with Gasteiger partial charge in [0, 0.05) is 4.88 Å². The Balaban J connectivity index is 1.76. The minimum absolute atomic E-state index is 0.0318. The van der Waals surface area contributed by atoms with E-state index in [9.17, 15) is 9.18 Å². The molecular formula is C18H17FN2O2S. The van der Waals surface area contributed by atoms with E-state index in [0.29, 0.717) is 12.1 Å². The van der Waals surface area contributed by atoms with Gasteiger partial charge in [-0.2, -0.15) is 0 Å². The number of ether oxygens (including phenoxy) is 1. The molecule has 0 bridgehead atoms. The monoisotopic (exact) mass is 344 g/mol. The molecule has 0 saturated heterocycles. The summed E-state index contributed by atoms with van der Waals surface area (Å²) in [5.74, 6) is -0.225. The summed E-state index contributed by atoms with van der Waals surface area (Å²) in [6, 6.07) is 4.74. The predicted octanol–water partition coefficient (Wildman–Crippen LogP) is 3.53. The van der Waals surface area contributed by atoms with Gasteiger partial charge in [-0.1, -0.05) is 6.07 Å². The Morgan fingerprint density at radius 1 is 1.33 bits per heavy atom. The third kappa shape index (κ3) is 2.51. The molecular weight excluding hydrogens is 327 g/mol. The van der Waals surface area contributed by atoms with Crippen molar-refractivity contribution >= 4 is 21.6 Å². The maximum Gasteiger partial charge on any atom is 0.262 e. The van der Waals surface area contributed by atoms with Crippen molar-refractivity contribution in [3.8, 4) is 5.75 Å². The lowest BCUT2D eigenvalue weighted by Crippen LogP contribution is -2.21. The van der Waals surface area contributed by atoms with Gasteiger partial charge in [-0.15, -0.1) is 11.3 Å². The molecule has 1 aliphatic rings. The van der Waals surface area contributed by atoms with Gasteiger partial charge < -0.3 is 4.74 Å². The van der Waals surface area contributed by atoms with Crippen LogP contribution in [0.2, 0.25) is 0 Å². The third-order valence-electron chi connectivity index (χ3n) is 4.51. The molecule has 0 radical (unpaired) electrons. The lowest BCUT2D eigenvalue weighted by Gasteiger charge is -2.11. The molecule has 6 heteroatoms. The van der Waals surface area contributed by atoms with Crippen LogP contribution in [-0.4, -0.2) is 16.7 Å². The van der Waals surface area contributed by atoms with Crippen molar-refractivity contribution in [1.29, 1.82) is 0 Å². The van der Waals surface area contributed by atoms with Crippen molar-refractivity contribution < 1.29 is 9.13 Å². The smallest absolute Gasteiger partial charge is 0.262 e. The van der Waals surface area contributed by atoms with Crippen LogP contribution in [0, 0.1) is 5.82 Å². The number of rotatable bonds is 3. The SMILES string of the molecule is COc1ccc(Cn2cnc3sc4c(c3c2=O)CCCC4)cc1F. The predicted molar refractivity (Wildman–Crippen MR) is 92.6 cm³/mol. The molecule has 4 rings (SSSR count). The highest BCUT2D eigenvalue weighted by Gasteiger charge is 2.20. The van der Waals surface area contributed by atoms with Gasteiger partial charge in [-0.3, -0.25) is 9.36 Å². The first-order valence-corrected chi connectivity index (χ1v) is 8.81. The Bertz CT molecular complexity index is 977. The van der Waals surface area contributed by atoms with Crippen molar-refractivity contribution in [2.24, 2.45) is 0 Å². The first-order chi connectivity index (χ1) is 11.7. The van der Waals surface area contributed by atoms with Crippen molar-refractivity contribution in [1.82, 2.24) is 9.55 Å². The minimum atomic E-state index is -0.426. The lowest BCUT2D eigenvalue weighted by molar-refractivity contribution is 0.386. The number of thiophene rings is 1. The zero-order valence-electron chi connectivity index (χ0n) is 13.3. The molecule has 0 spiro atoms. The number of benzene rings is 1. The van der Waals surface area contributed by atoms with Gasteiger partial charge in [0.2, 0.25) is 0 Å². The summed E-state index contributed by atoms with van der Waals surface area (Å²) in [6.45, 7) is 0.299. The van der Waals surface area contributed by atoms with Crippen LogP contribution in [0.3, 0.4) is 0 Å². The van der Waals surface area contributed by atoms with E-state index in [-0.39, 0.29) is 11.3 Å². The van der Waals surface area contributed by atoms with Gasteiger partial charge >= 0.3 is 0 Å². The lowest BCUT2D eigenvalue weighted by atomic mass is 9.97. The number of fused-ring (bicyclic) bond motifs is 3. The highest BCUT2D eigenvalue weighted by atomic mass is 32.1. The summed E-state index contributed by atoms with van der Waals surface area (Å²) in [7, 11) is 1.43. The largest absolute Gasteiger partial charge is 0.494 e. The summed E-state index contributed by atoms with van der Waals surface area (Å²) >= 11 is 1.64. The zero-order valence-corrected chi connectivity index (χ0v) is 14.2. The number of aromatic nitrogens is 2. The number of methoxy groups -OCH3 is 1. The zero-order chi connectivity index (χ0) is 16.7. The molecule has 1 aliphatic carbocycles. The highest BCUT2D eigenvalue weighted by Crippen LogP contribution is 2.33. The Morgan fingerprint density at radius 2 is 2.17 bits per heavy atom. The molecule has 0 aliphatic heterocycles. The van der Waals surface area contributed by atoms with Crippen LogP contribution in [0.4, 0.5) is 4.39 Å². The molecule has 0 atom stereocenters. The summed E-state index contributed by atoms with van der Waals surface area (Å²) < 4.78 is 20.3. The molecule has 1 aromatic carbocycles. The first kappa shape index (κ1) is 15.3. The molecule has 124 valence electrons. The Kier molecular flexibility index (Phi) is 3.84. The van der Waals surface area contributed by atoms with Crippen molar-refractivity contribution in [2.45, 2.75) is 32.2 Å². The summed E-state index contributed by atoms with van der Waals surface area (Å²) in [6.07, 6.45) is 5.86. The number of nitrogens with zero attached hydrogens (tertiary/aromatic N) is 2. The molecule has 0 fully saturated rings. The number of aryl methyl sites for hydroxylation is 2. The molecule has 0 N–H and O–H groups in total. The van der Waals surface area contributed by atoms with Gasteiger partial charge in [-0.05, 0) is 48.9 Å². The van der Waals surface area contributed by atoms with E-state index in [0.717, 1.165) is 29.5 Å². The van der Waals surface area contributed by atoms with Crippen molar-refractivity contribution in [2.75, 3.05) is 7.11 Å². The van der Waals surface area contributed by atoms with Crippen LogP contribution in [0.1, 0.15) is 28.8 Å². The number of halogens is 1. The van der Waals surface area contributed by atoms with E-state index in [1.807, 2.05) is 0 Å². The van der Waals surface area contributed by atoms with Gasteiger partial charge in [0.1, 0.15) is 4.83 Å². The average molecular weight is 344 g/mol. The summed E-state index contributed by atoms with van der Waals surface area (Å²) in [5.41, 5.74) is 1.85. The Labute approximate surface area is 142 Å². The second kappa shape index (κ2) is 6.02. The number of hydrogen-bond donors (Lipinski definition) is 0. The Hall–Kier alpha value is -2.21. The molecule has 2 heterocycles. The van der Waals surface area contributed by atoms with Crippen LogP contribution < -0.4 is 10.3 Å². The molecule has 2 aromatic heterocycles. The maximum atomic E-state index is 13.9. The topological polar surface area (TPSA) is 44.1 Å². The highest BCUT2D eigenvalue weighted by molar-refractivity contribution is 7.18. The maximum absolute atomic E-state index is 13.9. The van der Waals surface area contributed by atoms with Crippen molar-refractivity contribution in [3.63, 3.8) is 0 Å². The second-order valence-corrected chi connectivity index (χ2v) is 7.12.